The van der Waals surface area contributed by atoms with Crippen molar-refractivity contribution in [3.05, 3.63) is 42.2 Å². The van der Waals surface area contributed by atoms with Gasteiger partial charge in [0.1, 0.15) is 5.82 Å². The number of anilines is 1. The van der Waals surface area contributed by atoms with E-state index in [1.54, 1.807) is 19.2 Å². The van der Waals surface area contributed by atoms with E-state index in [2.05, 4.69) is 0 Å². The smallest absolute Gasteiger partial charge is 0.168 e. The maximum Gasteiger partial charge on any atom is 0.168 e. The number of rotatable bonds is 3. The summed E-state index contributed by atoms with van der Waals surface area (Å²) in [7, 11) is 3.09. The van der Waals surface area contributed by atoms with Crippen molar-refractivity contribution in [2.75, 3.05) is 20.0 Å². The van der Waals surface area contributed by atoms with Gasteiger partial charge in [0.2, 0.25) is 0 Å². The van der Waals surface area contributed by atoms with Crippen LogP contribution in [0.2, 0.25) is 0 Å². The van der Waals surface area contributed by atoms with E-state index >= 15 is 0 Å². The van der Waals surface area contributed by atoms with Crippen molar-refractivity contribution in [2.24, 2.45) is 0 Å². The Morgan fingerprint density at radius 1 is 1.00 bits per heavy atom. The lowest BCUT2D eigenvalue weighted by Crippen LogP contribution is -1.96. The fraction of sp³-hybridized carbons (Fsp3) is 0.143. The van der Waals surface area contributed by atoms with Crippen molar-refractivity contribution < 1.29 is 13.9 Å². The second kappa shape index (κ2) is 4.96. The van der Waals surface area contributed by atoms with Crippen LogP contribution in [0.15, 0.2) is 36.4 Å². The van der Waals surface area contributed by atoms with Crippen molar-refractivity contribution in [1.29, 1.82) is 0 Å². The van der Waals surface area contributed by atoms with Crippen LogP contribution in [-0.2, 0) is 0 Å². The molecule has 0 fully saturated rings. The Morgan fingerprint density at radius 2 is 1.78 bits per heavy atom. The molecule has 0 spiro atoms. The van der Waals surface area contributed by atoms with E-state index in [1.165, 1.54) is 25.3 Å². The average Bonchev–Trinajstić information content (AvgIpc) is 2.40. The summed E-state index contributed by atoms with van der Waals surface area (Å²) in [6.45, 7) is 0. The summed E-state index contributed by atoms with van der Waals surface area (Å²) in [6, 6.07) is 9.63. The highest BCUT2D eigenvalue weighted by Crippen LogP contribution is 2.40. The molecule has 18 heavy (non-hydrogen) atoms. The second-order valence-corrected chi connectivity index (χ2v) is 3.77. The molecule has 4 heteroatoms. The van der Waals surface area contributed by atoms with Crippen molar-refractivity contribution >= 4 is 5.69 Å². The predicted molar refractivity (Wildman–Crippen MR) is 69.4 cm³/mol. The van der Waals surface area contributed by atoms with Crippen LogP contribution in [-0.4, -0.2) is 14.2 Å². The molecule has 0 atom stereocenters. The van der Waals surface area contributed by atoms with Crippen LogP contribution in [0.5, 0.6) is 11.5 Å². The third-order valence-corrected chi connectivity index (χ3v) is 2.71. The molecule has 94 valence electrons. The molecule has 3 nitrogen and oxygen atoms in total. The van der Waals surface area contributed by atoms with Crippen LogP contribution >= 0.6 is 0 Å². The van der Waals surface area contributed by atoms with Gasteiger partial charge in [-0.3, -0.25) is 0 Å². The molecular weight excluding hydrogens is 233 g/mol. The molecule has 2 aromatic carbocycles. The Kier molecular flexibility index (Phi) is 3.37. The van der Waals surface area contributed by atoms with Crippen molar-refractivity contribution in [3.8, 4) is 22.6 Å². The molecule has 2 rings (SSSR count). The monoisotopic (exact) mass is 247 g/mol. The van der Waals surface area contributed by atoms with E-state index < -0.39 is 0 Å². The van der Waals surface area contributed by atoms with Crippen LogP contribution in [0.4, 0.5) is 10.1 Å². The number of halogens is 1. The highest BCUT2D eigenvalue weighted by atomic mass is 19.1. The molecule has 0 aliphatic heterocycles. The first kappa shape index (κ1) is 12.2. The Bertz CT molecular complexity index is 570. The summed E-state index contributed by atoms with van der Waals surface area (Å²) < 4.78 is 23.8. The normalized spacial score (nSPS) is 10.2. The maximum absolute atomic E-state index is 13.3. The Morgan fingerprint density at radius 3 is 2.44 bits per heavy atom. The fourth-order valence-corrected chi connectivity index (χ4v) is 1.86. The van der Waals surface area contributed by atoms with E-state index in [1.807, 2.05) is 6.07 Å². The quantitative estimate of drug-likeness (QED) is 0.848. The standard InChI is InChI=1S/C14H14FNO2/c1-17-13-5-3-4-10(14(13)18-2)11-8-9(15)6-7-12(11)16/h3-8H,16H2,1-2H3. The Balaban J connectivity index is 2.66. The van der Waals surface area contributed by atoms with E-state index in [0.717, 1.165) is 0 Å². The van der Waals surface area contributed by atoms with Crippen LogP contribution < -0.4 is 15.2 Å². The van der Waals surface area contributed by atoms with Gasteiger partial charge in [0.15, 0.2) is 11.5 Å². The molecule has 0 radical (unpaired) electrons. The van der Waals surface area contributed by atoms with Gasteiger partial charge in [0.05, 0.1) is 14.2 Å². The Labute approximate surface area is 105 Å². The van der Waals surface area contributed by atoms with Crippen LogP contribution in [0, 0.1) is 5.82 Å². The molecule has 0 aliphatic rings. The van der Waals surface area contributed by atoms with Gasteiger partial charge in [-0.2, -0.15) is 0 Å². The van der Waals surface area contributed by atoms with E-state index in [4.69, 9.17) is 15.2 Å². The summed E-state index contributed by atoms with van der Waals surface area (Å²) in [5.41, 5.74) is 7.65. The number of benzene rings is 2. The topological polar surface area (TPSA) is 44.5 Å². The first-order valence-corrected chi connectivity index (χ1v) is 5.43. The molecular formula is C14H14FNO2. The third-order valence-electron chi connectivity index (χ3n) is 2.71. The summed E-state index contributed by atoms with van der Waals surface area (Å²) >= 11 is 0. The first-order chi connectivity index (χ1) is 8.67. The molecule has 0 aromatic heterocycles. The minimum atomic E-state index is -0.343. The van der Waals surface area contributed by atoms with Gasteiger partial charge < -0.3 is 15.2 Å². The minimum absolute atomic E-state index is 0.343. The number of hydrogen-bond donors (Lipinski definition) is 1. The molecule has 0 saturated heterocycles. The predicted octanol–water partition coefficient (Wildman–Crippen LogP) is 3.09. The molecule has 0 unspecified atom stereocenters. The summed E-state index contributed by atoms with van der Waals surface area (Å²) in [5, 5.41) is 0. The van der Waals surface area contributed by atoms with E-state index in [0.29, 0.717) is 28.3 Å². The maximum atomic E-state index is 13.3. The van der Waals surface area contributed by atoms with Gasteiger partial charge in [-0.15, -0.1) is 0 Å². The summed E-state index contributed by atoms with van der Waals surface area (Å²) in [4.78, 5) is 0. The molecule has 0 saturated carbocycles. The summed E-state index contributed by atoms with van der Waals surface area (Å²) in [6.07, 6.45) is 0. The van der Waals surface area contributed by atoms with Crippen LogP contribution in [0.1, 0.15) is 0 Å². The number of ether oxygens (including phenoxy) is 2. The average molecular weight is 247 g/mol. The highest BCUT2D eigenvalue weighted by Gasteiger charge is 2.13. The molecule has 2 N–H and O–H groups in total. The first-order valence-electron chi connectivity index (χ1n) is 5.43. The van der Waals surface area contributed by atoms with Gasteiger partial charge in [0.25, 0.3) is 0 Å². The number of nitrogen functional groups attached to an aromatic ring is 1. The van der Waals surface area contributed by atoms with Gasteiger partial charge in [-0.1, -0.05) is 12.1 Å². The lowest BCUT2D eigenvalue weighted by Gasteiger charge is -2.14. The zero-order chi connectivity index (χ0) is 13.1. The fourth-order valence-electron chi connectivity index (χ4n) is 1.86. The van der Waals surface area contributed by atoms with E-state index in [9.17, 15) is 4.39 Å². The van der Waals surface area contributed by atoms with Gasteiger partial charge in [-0.05, 0) is 24.3 Å². The molecule has 0 heterocycles. The van der Waals surface area contributed by atoms with Gasteiger partial charge in [-0.25, -0.2) is 4.39 Å². The second-order valence-electron chi connectivity index (χ2n) is 3.77. The number of para-hydroxylation sites is 1. The minimum Gasteiger partial charge on any atom is -0.493 e. The number of methoxy groups -OCH3 is 2. The molecule has 0 amide bonds. The lowest BCUT2D eigenvalue weighted by atomic mass is 10.0. The van der Waals surface area contributed by atoms with Crippen LogP contribution in [0.3, 0.4) is 0 Å². The third kappa shape index (κ3) is 2.09. The SMILES string of the molecule is COc1cccc(-c2cc(F)ccc2N)c1OC. The van der Waals surface area contributed by atoms with Crippen molar-refractivity contribution in [1.82, 2.24) is 0 Å². The van der Waals surface area contributed by atoms with Crippen molar-refractivity contribution in [2.45, 2.75) is 0 Å². The number of nitrogens with two attached hydrogens (primary N) is 1. The van der Waals surface area contributed by atoms with Gasteiger partial charge >= 0.3 is 0 Å². The van der Waals surface area contributed by atoms with E-state index in [-0.39, 0.29) is 5.82 Å². The number of hydrogen-bond acceptors (Lipinski definition) is 3. The zero-order valence-corrected chi connectivity index (χ0v) is 10.2. The van der Waals surface area contributed by atoms with Crippen molar-refractivity contribution in [3.63, 3.8) is 0 Å². The zero-order valence-electron chi connectivity index (χ0n) is 10.2. The molecule has 2 aromatic rings. The van der Waals surface area contributed by atoms with Crippen LogP contribution in [0.25, 0.3) is 11.1 Å². The molecule has 0 aliphatic carbocycles. The molecule has 0 bridgehead atoms. The lowest BCUT2D eigenvalue weighted by molar-refractivity contribution is 0.356. The Hall–Kier alpha value is -2.23. The highest BCUT2D eigenvalue weighted by molar-refractivity contribution is 5.82. The largest absolute Gasteiger partial charge is 0.493 e. The summed E-state index contributed by atoms with van der Waals surface area (Å²) in [5.74, 6) is 0.778. The van der Waals surface area contributed by atoms with Gasteiger partial charge in [0, 0.05) is 16.8 Å².